The van der Waals surface area contributed by atoms with E-state index in [0.29, 0.717) is 17.7 Å². The molecule has 0 aromatic heterocycles. The van der Waals surface area contributed by atoms with Crippen molar-refractivity contribution in [2.45, 2.75) is 18.9 Å². The lowest BCUT2D eigenvalue weighted by atomic mass is 9.97. The number of nitrogens with one attached hydrogen (secondary N) is 1. The molecule has 1 aromatic rings. The molecule has 1 N–H and O–H groups in total. The van der Waals surface area contributed by atoms with E-state index >= 15 is 0 Å². The van der Waals surface area contributed by atoms with E-state index in [1.54, 1.807) is 30.5 Å². The van der Waals surface area contributed by atoms with Gasteiger partial charge in [-0.25, -0.2) is 0 Å². The number of hydrogen-bond donors (Lipinski definition) is 1. The molecule has 2 aliphatic heterocycles. The van der Waals surface area contributed by atoms with Crippen LogP contribution in [-0.2, 0) is 4.79 Å². The Balaban J connectivity index is 1.76. The van der Waals surface area contributed by atoms with Crippen LogP contribution in [0, 0.1) is 0 Å². The van der Waals surface area contributed by atoms with Crippen LogP contribution in [-0.4, -0.2) is 29.2 Å². The maximum absolute atomic E-state index is 12.1. The number of fused-ring (bicyclic) bond motifs is 1. The topological polar surface area (TPSA) is 49.4 Å². The molecule has 0 spiro atoms. The first-order valence-corrected chi connectivity index (χ1v) is 6.76. The van der Waals surface area contributed by atoms with E-state index in [4.69, 9.17) is 0 Å². The fourth-order valence-electron chi connectivity index (χ4n) is 2.54. The fourth-order valence-corrected chi connectivity index (χ4v) is 2.54. The van der Waals surface area contributed by atoms with Crippen molar-refractivity contribution in [2.75, 3.05) is 6.54 Å². The number of nitrogens with zero attached hydrogens (tertiary/aromatic N) is 1. The number of carbonyl (C=O) groups excluding carboxylic acids is 2. The summed E-state index contributed by atoms with van der Waals surface area (Å²) in [5.74, 6) is -0.234. The van der Waals surface area contributed by atoms with Gasteiger partial charge in [-0.2, -0.15) is 0 Å². The van der Waals surface area contributed by atoms with Gasteiger partial charge in [0.05, 0.1) is 0 Å². The van der Waals surface area contributed by atoms with Crippen LogP contribution in [0.2, 0.25) is 0 Å². The molecule has 1 amide bonds. The van der Waals surface area contributed by atoms with Gasteiger partial charge in [0.2, 0.25) is 0 Å². The van der Waals surface area contributed by atoms with Gasteiger partial charge in [0.15, 0.2) is 5.78 Å². The Morgan fingerprint density at radius 2 is 2.00 bits per heavy atom. The van der Waals surface area contributed by atoms with Crippen molar-refractivity contribution in [2.24, 2.45) is 0 Å². The van der Waals surface area contributed by atoms with Crippen LogP contribution in [0.3, 0.4) is 0 Å². The lowest BCUT2D eigenvalue weighted by Crippen LogP contribution is -2.42. The maximum Gasteiger partial charge on any atom is 0.255 e. The van der Waals surface area contributed by atoms with Crippen LogP contribution in [0.25, 0.3) is 0 Å². The number of hydrogen-bond acceptors (Lipinski definition) is 3. The monoisotopic (exact) mass is 268 g/mol. The normalized spacial score (nSPS) is 21.2. The summed E-state index contributed by atoms with van der Waals surface area (Å²) >= 11 is 0. The number of allylic oxidation sites excluding steroid dienone is 1. The molecular formula is C16H16N2O2. The average molecular weight is 268 g/mol. The van der Waals surface area contributed by atoms with Gasteiger partial charge in [-0.3, -0.25) is 9.59 Å². The van der Waals surface area contributed by atoms with Gasteiger partial charge in [-0.15, -0.1) is 0 Å². The number of benzene rings is 1. The van der Waals surface area contributed by atoms with Gasteiger partial charge in [-0.1, -0.05) is 30.4 Å². The Morgan fingerprint density at radius 3 is 2.80 bits per heavy atom. The van der Waals surface area contributed by atoms with Crippen LogP contribution >= 0.6 is 0 Å². The summed E-state index contributed by atoms with van der Waals surface area (Å²) in [5, 5.41) is 2.72. The second kappa shape index (κ2) is 5.33. The van der Waals surface area contributed by atoms with Crippen molar-refractivity contribution >= 4 is 11.7 Å². The molecule has 1 aromatic carbocycles. The summed E-state index contributed by atoms with van der Waals surface area (Å²) in [7, 11) is 0. The number of carbonyl (C=O) groups is 2. The molecule has 0 aliphatic carbocycles. The molecule has 0 saturated heterocycles. The zero-order valence-corrected chi connectivity index (χ0v) is 11.1. The highest BCUT2D eigenvalue weighted by atomic mass is 16.2. The van der Waals surface area contributed by atoms with E-state index in [0.717, 1.165) is 13.0 Å². The van der Waals surface area contributed by atoms with Gasteiger partial charge in [-0.05, 0) is 18.6 Å². The molecular weight excluding hydrogens is 252 g/mol. The summed E-state index contributed by atoms with van der Waals surface area (Å²) in [5.41, 5.74) is 0.951. The van der Waals surface area contributed by atoms with Crippen molar-refractivity contribution in [3.05, 3.63) is 59.9 Å². The van der Waals surface area contributed by atoms with Gasteiger partial charge in [0, 0.05) is 30.8 Å². The number of ketones is 1. The molecule has 0 radical (unpaired) electrons. The van der Waals surface area contributed by atoms with Gasteiger partial charge in [0.1, 0.15) is 5.70 Å². The molecule has 102 valence electrons. The fraction of sp³-hybridized carbons (Fsp3) is 0.250. The van der Waals surface area contributed by atoms with E-state index in [1.165, 1.54) is 0 Å². The third-order valence-electron chi connectivity index (χ3n) is 3.66. The first-order valence-electron chi connectivity index (χ1n) is 6.76. The minimum atomic E-state index is -0.240. The standard InChI is InChI=1S/C16H16N2O2/c19-15-10-13-8-4-5-9-18(13)11-14(15)17-16(20)12-6-2-1-3-7-12/h1-7,11,13H,8-10H2,(H,17,20). The van der Waals surface area contributed by atoms with Crippen LogP contribution < -0.4 is 5.32 Å². The highest BCUT2D eigenvalue weighted by molar-refractivity contribution is 6.04. The second-order valence-corrected chi connectivity index (χ2v) is 5.05. The largest absolute Gasteiger partial charge is 0.368 e. The van der Waals surface area contributed by atoms with Crippen molar-refractivity contribution in [3.8, 4) is 0 Å². The Hall–Kier alpha value is -2.36. The number of Topliss-reactive ketones (excluding diaryl/α,β-unsaturated/α-hetero) is 1. The molecule has 2 heterocycles. The molecule has 20 heavy (non-hydrogen) atoms. The minimum absolute atomic E-state index is 0.00540. The molecule has 0 bridgehead atoms. The zero-order valence-electron chi connectivity index (χ0n) is 11.1. The first-order chi connectivity index (χ1) is 9.74. The van der Waals surface area contributed by atoms with Crippen LogP contribution in [0.5, 0.6) is 0 Å². The van der Waals surface area contributed by atoms with E-state index in [-0.39, 0.29) is 17.7 Å². The first kappa shape index (κ1) is 12.7. The number of amides is 1. The molecule has 0 saturated carbocycles. The molecule has 0 fully saturated rings. The molecule has 1 unspecified atom stereocenters. The Labute approximate surface area is 117 Å². The van der Waals surface area contributed by atoms with Crippen molar-refractivity contribution in [3.63, 3.8) is 0 Å². The van der Waals surface area contributed by atoms with Crippen molar-refractivity contribution in [1.29, 1.82) is 0 Å². The quantitative estimate of drug-likeness (QED) is 0.833. The third-order valence-corrected chi connectivity index (χ3v) is 3.66. The van der Waals surface area contributed by atoms with Gasteiger partial charge in [0.25, 0.3) is 5.91 Å². The van der Waals surface area contributed by atoms with Crippen LogP contribution in [0.4, 0.5) is 0 Å². The smallest absolute Gasteiger partial charge is 0.255 e. The summed E-state index contributed by atoms with van der Waals surface area (Å²) < 4.78 is 0. The molecule has 2 aliphatic rings. The van der Waals surface area contributed by atoms with E-state index in [1.807, 2.05) is 6.07 Å². The molecule has 4 heteroatoms. The molecule has 4 nitrogen and oxygen atoms in total. The summed E-state index contributed by atoms with van der Waals surface area (Å²) in [6, 6.07) is 9.16. The van der Waals surface area contributed by atoms with Crippen molar-refractivity contribution in [1.82, 2.24) is 10.2 Å². The third kappa shape index (κ3) is 2.50. The van der Waals surface area contributed by atoms with E-state index in [9.17, 15) is 9.59 Å². The lowest BCUT2D eigenvalue weighted by molar-refractivity contribution is -0.117. The molecule has 1 atom stereocenters. The van der Waals surface area contributed by atoms with Crippen molar-refractivity contribution < 1.29 is 9.59 Å². The van der Waals surface area contributed by atoms with E-state index < -0.39 is 0 Å². The predicted octanol–water partition coefficient (Wildman–Crippen LogP) is 1.86. The highest BCUT2D eigenvalue weighted by Crippen LogP contribution is 2.22. The summed E-state index contributed by atoms with van der Waals surface area (Å²) in [6.45, 7) is 0.794. The van der Waals surface area contributed by atoms with E-state index in [2.05, 4.69) is 22.4 Å². The SMILES string of the molecule is O=C1CC2CC=CCN2C=C1NC(=O)c1ccccc1. The summed E-state index contributed by atoms with van der Waals surface area (Å²) in [4.78, 5) is 26.3. The second-order valence-electron chi connectivity index (χ2n) is 5.05. The molecule has 3 rings (SSSR count). The average Bonchev–Trinajstić information content (AvgIpc) is 2.49. The summed E-state index contributed by atoms with van der Waals surface area (Å²) in [6.07, 6.45) is 7.32. The maximum atomic E-state index is 12.1. The van der Waals surface area contributed by atoms with Crippen LogP contribution in [0.15, 0.2) is 54.4 Å². The lowest BCUT2D eigenvalue weighted by Gasteiger charge is -2.35. The van der Waals surface area contributed by atoms with Gasteiger partial charge < -0.3 is 10.2 Å². The predicted molar refractivity (Wildman–Crippen MR) is 75.9 cm³/mol. The van der Waals surface area contributed by atoms with Crippen LogP contribution in [0.1, 0.15) is 23.2 Å². The Bertz CT molecular complexity index is 590. The highest BCUT2D eigenvalue weighted by Gasteiger charge is 2.28. The van der Waals surface area contributed by atoms with Gasteiger partial charge >= 0.3 is 0 Å². The zero-order chi connectivity index (χ0) is 13.9. The minimum Gasteiger partial charge on any atom is -0.368 e. The number of rotatable bonds is 2. The Morgan fingerprint density at radius 1 is 1.20 bits per heavy atom. The Kier molecular flexibility index (Phi) is 3.37.